The van der Waals surface area contributed by atoms with Crippen LogP contribution >= 0.6 is 39.7 Å². The van der Waals surface area contributed by atoms with Crippen LogP contribution < -0.4 is 10.6 Å². The van der Waals surface area contributed by atoms with Crippen molar-refractivity contribution in [1.29, 1.82) is 0 Å². The smallest absolute Gasteiger partial charge is 0.258 e. The van der Waals surface area contributed by atoms with Crippen LogP contribution in [0, 0.1) is 0 Å². The number of aliphatic hydroxyl groups excluding tert-OH is 1. The van der Waals surface area contributed by atoms with Gasteiger partial charge in [-0.1, -0.05) is 23.7 Å². The average Bonchev–Trinajstić information content (AvgIpc) is 3.12. The fourth-order valence-corrected chi connectivity index (χ4v) is 3.26. The van der Waals surface area contributed by atoms with Crippen LogP contribution in [-0.2, 0) is 6.61 Å². The molecule has 138 valence electrons. The van der Waals surface area contributed by atoms with E-state index in [1.807, 2.05) is 6.07 Å². The Kier molecular flexibility index (Phi) is 6.28. The molecule has 0 bridgehead atoms. The molecule has 27 heavy (non-hydrogen) atoms. The number of amides is 1. The van der Waals surface area contributed by atoms with E-state index in [2.05, 4.69) is 26.6 Å². The lowest BCUT2D eigenvalue weighted by Crippen LogP contribution is -2.34. The Hall–Kier alpha value is -2.19. The van der Waals surface area contributed by atoms with Crippen LogP contribution in [0.5, 0.6) is 0 Å². The van der Waals surface area contributed by atoms with Crippen LogP contribution in [-0.4, -0.2) is 16.1 Å². The molecular weight excluding hydrogens is 452 g/mol. The minimum absolute atomic E-state index is 0.152. The number of furan rings is 1. The number of rotatable bonds is 4. The molecule has 0 fully saturated rings. The standard InChI is InChI=1S/C19H14BrClN2O3S/c20-15-4-2-1-3-13(15)18(25)23-19(27)22-11-5-7-16(21)14(9-11)17-8-6-12(10-24)26-17/h1-9,24H,10H2,(H2,22,23,25,27). The second-order valence-corrected chi connectivity index (χ2v) is 7.18. The van der Waals surface area contributed by atoms with Crippen LogP contribution in [0.2, 0.25) is 5.02 Å². The van der Waals surface area contributed by atoms with Gasteiger partial charge < -0.3 is 14.8 Å². The van der Waals surface area contributed by atoms with Gasteiger partial charge in [-0.05, 0) is 70.6 Å². The maximum Gasteiger partial charge on any atom is 0.258 e. The number of anilines is 1. The summed E-state index contributed by atoms with van der Waals surface area (Å²) in [5, 5.41) is 15.4. The molecule has 0 radical (unpaired) electrons. The number of hydrogen-bond donors (Lipinski definition) is 3. The minimum Gasteiger partial charge on any atom is -0.459 e. The maximum atomic E-state index is 12.3. The highest BCUT2D eigenvalue weighted by Crippen LogP contribution is 2.32. The van der Waals surface area contributed by atoms with Gasteiger partial charge in [-0.15, -0.1) is 0 Å². The summed E-state index contributed by atoms with van der Waals surface area (Å²) >= 11 is 14.8. The molecule has 5 nitrogen and oxygen atoms in total. The Morgan fingerprint density at radius 3 is 2.67 bits per heavy atom. The zero-order chi connectivity index (χ0) is 19.4. The summed E-state index contributed by atoms with van der Waals surface area (Å²) in [5.41, 5.74) is 1.75. The second kappa shape index (κ2) is 8.67. The van der Waals surface area contributed by atoms with Crippen LogP contribution in [0.4, 0.5) is 5.69 Å². The zero-order valence-electron chi connectivity index (χ0n) is 13.8. The quantitative estimate of drug-likeness (QED) is 0.474. The number of aliphatic hydroxyl groups is 1. The van der Waals surface area contributed by atoms with Crippen LogP contribution in [0.15, 0.2) is 63.5 Å². The van der Waals surface area contributed by atoms with Crippen LogP contribution in [0.25, 0.3) is 11.3 Å². The van der Waals surface area contributed by atoms with Gasteiger partial charge in [0.1, 0.15) is 18.1 Å². The molecule has 0 aliphatic rings. The van der Waals surface area contributed by atoms with E-state index in [0.29, 0.717) is 37.8 Å². The molecule has 0 aliphatic heterocycles. The Bertz CT molecular complexity index is 1010. The number of halogens is 2. The SMILES string of the molecule is O=C(NC(=S)Nc1ccc(Cl)c(-c2ccc(CO)o2)c1)c1ccccc1Br. The molecule has 2 aromatic carbocycles. The van der Waals surface area contributed by atoms with Gasteiger partial charge in [0.05, 0.1) is 10.6 Å². The highest BCUT2D eigenvalue weighted by atomic mass is 79.9. The minimum atomic E-state index is -0.326. The second-order valence-electron chi connectivity index (χ2n) is 5.51. The summed E-state index contributed by atoms with van der Waals surface area (Å²) < 4.78 is 6.20. The third kappa shape index (κ3) is 4.75. The highest BCUT2D eigenvalue weighted by molar-refractivity contribution is 9.10. The van der Waals surface area contributed by atoms with E-state index >= 15 is 0 Å². The molecular formula is C19H14BrClN2O3S. The summed E-state index contributed by atoms with van der Waals surface area (Å²) in [6, 6.07) is 15.6. The van der Waals surface area contributed by atoms with Crippen molar-refractivity contribution >= 4 is 56.5 Å². The van der Waals surface area contributed by atoms with Crippen molar-refractivity contribution in [2.24, 2.45) is 0 Å². The van der Waals surface area contributed by atoms with Crippen molar-refractivity contribution in [3.8, 4) is 11.3 Å². The van der Waals surface area contributed by atoms with Crippen molar-refractivity contribution in [3.05, 3.63) is 75.4 Å². The molecule has 3 N–H and O–H groups in total. The predicted octanol–water partition coefficient (Wildman–Crippen LogP) is 4.98. The van der Waals surface area contributed by atoms with E-state index in [9.17, 15) is 4.79 Å². The fourth-order valence-electron chi connectivity index (χ4n) is 2.38. The fraction of sp³-hybridized carbons (Fsp3) is 0.0526. The lowest BCUT2D eigenvalue weighted by molar-refractivity contribution is 0.0977. The summed E-state index contributed by atoms with van der Waals surface area (Å²) in [6.07, 6.45) is 0. The molecule has 0 saturated carbocycles. The summed E-state index contributed by atoms with van der Waals surface area (Å²) in [7, 11) is 0. The van der Waals surface area contributed by atoms with Gasteiger partial charge in [-0.3, -0.25) is 10.1 Å². The summed E-state index contributed by atoms with van der Waals surface area (Å²) in [6.45, 7) is -0.194. The molecule has 0 spiro atoms. The average molecular weight is 466 g/mol. The van der Waals surface area contributed by atoms with Crippen molar-refractivity contribution in [2.45, 2.75) is 6.61 Å². The number of hydrogen-bond acceptors (Lipinski definition) is 4. The molecule has 0 saturated heterocycles. The summed E-state index contributed by atoms with van der Waals surface area (Å²) in [4.78, 5) is 12.3. The Balaban J connectivity index is 1.74. The molecule has 0 atom stereocenters. The monoisotopic (exact) mass is 464 g/mol. The molecule has 0 unspecified atom stereocenters. The molecule has 1 aromatic heterocycles. The topological polar surface area (TPSA) is 74.5 Å². The third-order valence-electron chi connectivity index (χ3n) is 3.65. The number of carbonyl (C=O) groups excluding carboxylic acids is 1. The first kappa shape index (κ1) is 19.6. The third-order valence-corrected chi connectivity index (χ3v) is 4.88. The lowest BCUT2D eigenvalue weighted by atomic mass is 10.1. The normalized spacial score (nSPS) is 10.5. The lowest BCUT2D eigenvalue weighted by Gasteiger charge is -2.12. The molecule has 3 aromatic rings. The zero-order valence-corrected chi connectivity index (χ0v) is 17.0. The Labute approximate surface area is 174 Å². The van der Waals surface area contributed by atoms with Crippen LogP contribution in [0.3, 0.4) is 0 Å². The number of benzene rings is 2. The van der Waals surface area contributed by atoms with E-state index in [-0.39, 0.29) is 17.6 Å². The molecule has 8 heteroatoms. The molecule has 3 rings (SSSR count). The first-order valence-corrected chi connectivity index (χ1v) is 9.42. The van der Waals surface area contributed by atoms with E-state index in [1.165, 1.54) is 0 Å². The van der Waals surface area contributed by atoms with Gasteiger partial charge in [0.15, 0.2) is 5.11 Å². The van der Waals surface area contributed by atoms with Crippen molar-refractivity contribution in [2.75, 3.05) is 5.32 Å². The van der Waals surface area contributed by atoms with Crippen molar-refractivity contribution in [3.63, 3.8) is 0 Å². The Morgan fingerprint density at radius 2 is 1.96 bits per heavy atom. The van der Waals surface area contributed by atoms with Gasteiger partial charge in [0.25, 0.3) is 5.91 Å². The van der Waals surface area contributed by atoms with Crippen molar-refractivity contribution < 1.29 is 14.3 Å². The number of thiocarbonyl (C=S) groups is 1. The van der Waals surface area contributed by atoms with Gasteiger partial charge in [-0.25, -0.2) is 0 Å². The van der Waals surface area contributed by atoms with Crippen LogP contribution in [0.1, 0.15) is 16.1 Å². The first-order valence-electron chi connectivity index (χ1n) is 7.84. The Morgan fingerprint density at radius 1 is 1.19 bits per heavy atom. The highest BCUT2D eigenvalue weighted by Gasteiger charge is 2.13. The molecule has 1 heterocycles. The van der Waals surface area contributed by atoms with Gasteiger partial charge >= 0.3 is 0 Å². The van der Waals surface area contributed by atoms with E-state index in [1.54, 1.807) is 48.5 Å². The van der Waals surface area contributed by atoms with E-state index in [4.69, 9.17) is 33.3 Å². The van der Waals surface area contributed by atoms with Gasteiger partial charge in [-0.2, -0.15) is 0 Å². The van der Waals surface area contributed by atoms with Gasteiger partial charge in [0, 0.05) is 15.7 Å². The van der Waals surface area contributed by atoms with Gasteiger partial charge in [0.2, 0.25) is 0 Å². The van der Waals surface area contributed by atoms with E-state index < -0.39 is 0 Å². The summed E-state index contributed by atoms with van der Waals surface area (Å²) in [5.74, 6) is 0.638. The first-order chi connectivity index (χ1) is 13.0. The predicted molar refractivity (Wildman–Crippen MR) is 113 cm³/mol. The number of carbonyl (C=O) groups is 1. The van der Waals surface area contributed by atoms with E-state index in [0.717, 1.165) is 0 Å². The van der Waals surface area contributed by atoms with Crippen molar-refractivity contribution in [1.82, 2.24) is 5.32 Å². The largest absolute Gasteiger partial charge is 0.459 e. The molecule has 1 amide bonds. The molecule has 0 aliphatic carbocycles. The number of nitrogens with one attached hydrogen (secondary N) is 2. The maximum absolute atomic E-state index is 12.3.